The number of pyridine rings is 1. The first-order valence-corrected chi connectivity index (χ1v) is 7.92. The van der Waals surface area contributed by atoms with Gasteiger partial charge in [-0.3, -0.25) is 4.98 Å². The van der Waals surface area contributed by atoms with Crippen LogP contribution in [0.15, 0.2) is 85.2 Å². The van der Waals surface area contributed by atoms with Gasteiger partial charge in [0.25, 0.3) is 0 Å². The Morgan fingerprint density at radius 1 is 0.696 bits per heavy atom. The van der Waals surface area contributed by atoms with Gasteiger partial charge in [0, 0.05) is 18.3 Å². The molecule has 0 saturated heterocycles. The summed E-state index contributed by atoms with van der Waals surface area (Å²) in [7, 11) is 0. The van der Waals surface area contributed by atoms with Crippen molar-refractivity contribution in [2.45, 2.75) is 25.2 Å². The van der Waals surface area contributed by atoms with Crippen molar-refractivity contribution in [3.63, 3.8) is 0 Å². The summed E-state index contributed by atoms with van der Waals surface area (Å²) in [6, 6.07) is 25.9. The van der Waals surface area contributed by atoms with Crippen molar-refractivity contribution >= 4 is 12.4 Å². The van der Waals surface area contributed by atoms with Crippen LogP contribution < -0.4 is 0 Å². The topological polar surface area (TPSA) is 12.9 Å². The fourth-order valence-electron chi connectivity index (χ4n) is 2.96. The largest absolute Gasteiger partial charge is 0.265 e. The molecular formula is C21H22ClN. The molecule has 118 valence electrons. The third-order valence-corrected chi connectivity index (χ3v) is 4.11. The summed E-state index contributed by atoms with van der Waals surface area (Å²) in [4.78, 5) is 4.08. The van der Waals surface area contributed by atoms with Crippen molar-refractivity contribution in [2.75, 3.05) is 0 Å². The number of halogens is 1. The van der Waals surface area contributed by atoms with Crippen LogP contribution in [-0.2, 0) is 6.42 Å². The molecule has 1 heterocycles. The van der Waals surface area contributed by atoms with E-state index in [9.17, 15) is 0 Å². The lowest BCUT2D eigenvalue weighted by Crippen LogP contribution is -2.02. The molecule has 23 heavy (non-hydrogen) atoms. The molecule has 1 aromatic heterocycles. The Kier molecular flexibility index (Phi) is 6.83. The molecule has 2 heteroatoms. The number of aryl methyl sites for hydroxylation is 1. The molecule has 3 rings (SSSR count). The molecule has 0 radical (unpaired) electrons. The van der Waals surface area contributed by atoms with Crippen molar-refractivity contribution in [1.82, 2.24) is 4.98 Å². The van der Waals surface area contributed by atoms with E-state index >= 15 is 0 Å². The van der Waals surface area contributed by atoms with E-state index < -0.39 is 0 Å². The lowest BCUT2D eigenvalue weighted by Gasteiger charge is -2.18. The molecule has 0 aliphatic carbocycles. The Balaban J connectivity index is 0.00000192. The maximum Gasteiger partial charge on any atom is 0.0270 e. The highest BCUT2D eigenvalue weighted by Crippen LogP contribution is 2.29. The van der Waals surface area contributed by atoms with E-state index in [0.717, 1.165) is 12.8 Å². The first kappa shape index (κ1) is 17.2. The van der Waals surface area contributed by atoms with Crippen LogP contribution in [0, 0.1) is 0 Å². The monoisotopic (exact) mass is 323 g/mol. The fraction of sp³-hybridized carbons (Fsp3) is 0.190. The quantitative estimate of drug-likeness (QED) is 0.570. The smallest absolute Gasteiger partial charge is 0.0270 e. The van der Waals surface area contributed by atoms with Gasteiger partial charge in [0.1, 0.15) is 0 Å². The minimum absolute atomic E-state index is 0. The third-order valence-electron chi connectivity index (χ3n) is 4.11. The highest BCUT2D eigenvalue weighted by Gasteiger charge is 2.13. The number of nitrogens with zero attached hydrogens (tertiary/aromatic N) is 1. The van der Waals surface area contributed by atoms with Gasteiger partial charge in [-0.25, -0.2) is 0 Å². The van der Waals surface area contributed by atoms with Gasteiger partial charge in [0.2, 0.25) is 0 Å². The average molecular weight is 324 g/mol. The van der Waals surface area contributed by atoms with Crippen molar-refractivity contribution in [2.24, 2.45) is 0 Å². The van der Waals surface area contributed by atoms with Crippen LogP contribution in [0.5, 0.6) is 0 Å². The van der Waals surface area contributed by atoms with Crippen LogP contribution in [0.2, 0.25) is 0 Å². The van der Waals surface area contributed by atoms with E-state index in [4.69, 9.17) is 0 Å². The molecular weight excluding hydrogens is 302 g/mol. The number of hydrogen-bond acceptors (Lipinski definition) is 1. The molecule has 0 aliphatic heterocycles. The van der Waals surface area contributed by atoms with E-state index in [2.05, 4.69) is 77.8 Å². The van der Waals surface area contributed by atoms with Crippen LogP contribution in [0.3, 0.4) is 0 Å². The number of benzene rings is 2. The van der Waals surface area contributed by atoms with Crippen LogP contribution in [0.4, 0.5) is 0 Å². The molecule has 0 unspecified atom stereocenters. The molecule has 1 nitrogen and oxygen atoms in total. The summed E-state index contributed by atoms with van der Waals surface area (Å²) in [5, 5.41) is 0. The van der Waals surface area contributed by atoms with Gasteiger partial charge in [-0.15, -0.1) is 12.4 Å². The highest BCUT2D eigenvalue weighted by atomic mass is 35.5. The standard InChI is InChI=1S/C21H21N.ClH/c1-3-9-19(10-4-1)21(20-11-5-2-6-12-20)13-7-8-18-14-16-22-17-15-18;/h1-6,9-12,14-17,21H,7-8,13H2;1H. The van der Waals surface area contributed by atoms with Gasteiger partial charge in [0.05, 0.1) is 0 Å². The first-order valence-electron chi connectivity index (χ1n) is 7.92. The second-order valence-electron chi connectivity index (χ2n) is 5.62. The Bertz CT molecular complexity index is 628. The van der Waals surface area contributed by atoms with Gasteiger partial charge >= 0.3 is 0 Å². The maximum absolute atomic E-state index is 4.08. The molecule has 0 atom stereocenters. The Hall–Kier alpha value is -2.12. The summed E-state index contributed by atoms with van der Waals surface area (Å²) < 4.78 is 0. The van der Waals surface area contributed by atoms with Crippen LogP contribution in [0.1, 0.15) is 35.4 Å². The zero-order chi connectivity index (χ0) is 15.0. The zero-order valence-corrected chi connectivity index (χ0v) is 14.0. The summed E-state index contributed by atoms with van der Waals surface area (Å²) in [5.74, 6) is 0.476. The number of hydrogen-bond donors (Lipinski definition) is 0. The van der Waals surface area contributed by atoms with Gasteiger partial charge in [-0.05, 0) is 48.1 Å². The molecule has 3 aromatic rings. The second kappa shape index (κ2) is 9.12. The van der Waals surface area contributed by atoms with E-state index in [0.29, 0.717) is 5.92 Å². The molecule has 0 amide bonds. The van der Waals surface area contributed by atoms with Crippen molar-refractivity contribution in [3.05, 3.63) is 102 Å². The number of aromatic nitrogens is 1. The van der Waals surface area contributed by atoms with Crippen LogP contribution in [-0.4, -0.2) is 4.98 Å². The van der Waals surface area contributed by atoms with Gasteiger partial charge in [0.15, 0.2) is 0 Å². The van der Waals surface area contributed by atoms with Crippen molar-refractivity contribution in [1.29, 1.82) is 0 Å². The van der Waals surface area contributed by atoms with Crippen molar-refractivity contribution < 1.29 is 0 Å². The van der Waals surface area contributed by atoms with Crippen LogP contribution in [0.25, 0.3) is 0 Å². The van der Waals surface area contributed by atoms with E-state index in [1.54, 1.807) is 0 Å². The summed E-state index contributed by atoms with van der Waals surface area (Å²) in [5.41, 5.74) is 4.18. The molecule has 2 aromatic carbocycles. The Morgan fingerprint density at radius 3 is 1.74 bits per heavy atom. The Morgan fingerprint density at radius 2 is 1.22 bits per heavy atom. The SMILES string of the molecule is Cl.c1ccc(C(CCCc2ccncc2)c2ccccc2)cc1. The minimum atomic E-state index is 0. The van der Waals surface area contributed by atoms with E-state index in [-0.39, 0.29) is 12.4 Å². The van der Waals surface area contributed by atoms with Gasteiger partial charge < -0.3 is 0 Å². The highest BCUT2D eigenvalue weighted by molar-refractivity contribution is 5.85. The molecule has 0 bridgehead atoms. The fourth-order valence-corrected chi connectivity index (χ4v) is 2.96. The first-order chi connectivity index (χ1) is 10.9. The van der Waals surface area contributed by atoms with E-state index in [1.807, 2.05) is 12.4 Å². The molecule has 0 spiro atoms. The predicted molar refractivity (Wildman–Crippen MR) is 99.2 cm³/mol. The lowest BCUT2D eigenvalue weighted by atomic mass is 9.86. The molecule has 0 N–H and O–H groups in total. The van der Waals surface area contributed by atoms with E-state index in [1.165, 1.54) is 23.1 Å². The van der Waals surface area contributed by atoms with Gasteiger partial charge in [-0.1, -0.05) is 60.7 Å². The average Bonchev–Trinajstić information content (AvgIpc) is 2.61. The zero-order valence-electron chi connectivity index (χ0n) is 13.1. The number of rotatable bonds is 6. The maximum atomic E-state index is 4.08. The summed E-state index contributed by atoms with van der Waals surface area (Å²) >= 11 is 0. The molecule has 0 saturated carbocycles. The normalized spacial score (nSPS) is 10.3. The Labute approximate surface area is 144 Å². The predicted octanol–water partition coefficient (Wildman–Crippen LogP) is 5.66. The van der Waals surface area contributed by atoms with Crippen molar-refractivity contribution in [3.8, 4) is 0 Å². The summed E-state index contributed by atoms with van der Waals surface area (Å²) in [6.07, 6.45) is 7.20. The lowest BCUT2D eigenvalue weighted by molar-refractivity contribution is 0.661. The van der Waals surface area contributed by atoms with Crippen LogP contribution >= 0.6 is 12.4 Å². The summed E-state index contributed by atoms with van der Waals surface area (Å²) in [6.45, 7) is 0. The molecule has 0 aliphatic rings. The molecule has 0 fully saturated rings. The van der Waals surface area contributed by atoms with Gasteiger partial charge in [-0.2, -0.15) is 0 Å². The second-order valence-corrected chi connectivity index (χ2v) is 5.62. The minimum Gasteiger partial charge on any atom is -0.265 e. The third kappa shape index (κ3) is 4.94.